The van der Waals surface area contributed by atoms with Gasteiger partial charge in [0.1, 0.15) is 11.4 Å². The largest absolute Gasteiger partial charge is 0.462 e. The number of hydrogen-bond donors (Lipinski definition) is 1. The average molecular weight is 372 g/mol. The monoisotopic (exact) mass is 370 g/mol. The summed E-state index contributed by atoms with van der Waals surface area (Å²) >= 11 is 9.37. The number of ether oxygens (including phenoxy) is 2. The summed E-state index contributed by atoms with van der Waals surface area (Å²) in [6.45, 7) is 1.98. The fraction of sp³-hybridized carbons (Fsp3) is 0.143. The molecule has 0 aliphatic carbocycles. The molecule has 0 aliphatic heterocycles. The van der Waals surface area contributed by atoms with Gasteiger partial charge in [0.25, 0.3) is 0 Å². The SMILES string of the molecule is CCOC(=O)c1ccnc(Oc2ccc(Br)cc2Cl)c1N. The second-order valence-corrected chi connectivity index (χ2v) is 5.30. The number of pyridine rings is 1. The van der Waals surface area contributed by atoms with Gasteiger partial charge in [-0.2, -0.15) is 0 Å². The van der Waals surface area contributed by atoms with E-state index in [4.69, 9.17) is 26.8 Å². The molecule has 1 aromatic carbocycles. The van der Waals surface area contributed by atoms with Crippen LogP contribution in [0.1, 0.15) is 17.3 Å². The number of benzene rings is 1. The smallest absolute Gasteiger partial charge is 0.340 e. The third-order valence-corrected chi connectivity index (χ3v) is 3.34. The molecule has 2 N–H and O–H groups in total. The molecule has 1 heterocycles. The summed E-state index contributed by atoms with van der Waals surface area (Å²) < 4.78 is 11.3. The number of carbonyl (C=O) groups excluding carboxylic acids is 1. The number of nitrogens with zero attached hydrogens (tertiary/aromatic N) is 1. The van der Waals surface area contributed by atoms with Gasteiger partial charge in [-0.1, -0.05) is 27.5 Å². The van der Waals surface area contributed by atoms with Crippen LogP contribution >= 0.6 is 27.5 Å². The second kappa shape index (κ2) is 6.78. The van der Waals surface area contributed by atoms with Crippen molar-refractivity contribution in [1.82, 2.24) is 4.98 Å². The number of rotatable bonds is 4. The van der Waals surface area contributed by atoms with Gasteiger partial charge in [-0.25, -0.2) is 9.78 Å². The Hall–Kier alpha value is -1.79. The van der Waals surface area contributed by atoms with E-state index in [0.717, 1.165) is 4.47 Å². The van der Waals surface area contributed by atoms with E-state index in [1.54, 1.807) is 25.1 Å². The second-order valence-electron chi connectivity index (χ2n) is 3.97. The maximum atomic E-state index is 11.8. The minimum absolute atomic E-state index is 0.102. The van der Waals surface area contributed by atoms with Gasteiger partial charge in [0.15, 0.2) is 0 Å². The van der Waals surface area contributed by atoms with E-state index in [2.05, 4.69) is 20.9 Å². The molecule has 0 radical (unpaired) electrons. The normalized spacial score (nSPS) is 10.2. The van der Waals surface area contributed by atoms with Crippen LogP contribution in [0.2, 0.25) is 5.02 Å². The number of aromatic nitrogens is 1. The summed E-state index contributed by atoms with van der Waals surface area (Å²) in [5.41, 5.74) is 6.21. The zero-order valence-corrected chi connectivity index (χ0v) is 13.4. The first kappa shape index (κ1) is 15.6. The lowest BCUT2D eigenvalue weighted by Gasteiger charge is -2.11. The van der Waals surface area contributed by atoms with Gasteiger partial charge in [-0.05, 0) is 31.2 Å². The summed E-state index contributed by atoms with van der Waals surface area (Å²) in [6, 6.07) is 6.60. The van der Waals surface area contributed by atoms with Gasteiger partial charge in [-0.15, -0.1) is 0 Å². The van der Waals surface area contributed by atoms with Crippen LogP contribution in [0.25, 0.3) is 0 Å². The Labute approximate surface area is 135 Å². The van der Waals surface area contributed by atoms with Crippen LogP contribution < -0.4 is 10.5 Å². The molecular formula is C14H12BrClN2O3. The van der Waals surface area contributed by atoms with Crippen LogP contribution in [0.5, 0.6) is 11.6 Å². The van der Waals surface area contributed by atoms with Crippen LogP contribution in [0.4, 0.5) is 5.69 Å². The Balaban J connectivity index is 2.32. The molecule has 0 spiro atoms. The number of anilines is 1. The third kappa shape index (κ3) is 3.65. The predicted molar refractivity (Wildman–Crippen MR) is 83.8 cm³/mol. The van der Waals surface area contributed by atoms with E-state index in [1.807, 2.05) is 0 Å². The molecule has 5 nitrogen and oxygen atoms in total. The molecule has 0 bridgehead atoms. The summed E-state index contributed by atoms with van der Waals surface area (Å²) in [5, 5.41) is 0.395. The van der Waals surface area contributed by atoms with Crippen LogP contribution in [0, 0.1) is 0 Å². The van der Waals surface area contributed by atoms with Crippen molar-refractivity contribution >= 4 is 39.2 Å². The van der Waals surface area contributed by atoms with Crippen molar-refractivity contribution in [2.75, 3.05) is 12.3 Å². The molecule has 21 heavy (non-hydrogen) atoms. The highest BCUT2D eigenvalue weighted by molar-refractivity contribution is 9.10. The van der Waals surface area contributed by atoms with Gasteiger partial charge < -0.3 is 15.2 Å². The Kier molecular flexibility index (Phi) is 5.03. The molecule has 0 saturated heterocycles. The molecular weight excluding hydrogens is 360 g/mol. The molecule has 0 aliphatic rings. The highest BCUT2D eigenvalue weighted by Crippen LogP contribution is 2.34. The average Bonchev–Trinajstić information content (AvgIpc) is 2.44. The Bertz CT molecular complexity index is 679. The van der Waals surface area contributed by atoms with Gasteiger partial charge in [0, 0.05) is 10.7 Å². The summed E-state index contributed by atoms with van der Waals surface area (Å²) in [4.78, 5) is 15.8. The molecule has 0 unspecified atom stereocenters. The van der Waals surface area contributed by atoms with Crippen LogP contribution in [-0.4, -0.2) is 17.6 Å². The molecule has 2 rings (SSSR count). The van der Waals surface area contributed by atoms with Crippen molar-refractivity contribution in [2.45, 2.75) is 6.92 Å². The molecule has 7 heteroatoms. The third-order valence-electron chi connectivity index (χ3n) is 2.55. The van der Waals surface area contributed by atoms with Gasteiger partial charge in [0.05, 0.1) is 17.2 Å². The van der Waals surface area contributed by atoms with Crippen LogP contribution in [-0.2, 0) is 4.74 Å². The molecule has 0 atom stereocenters. The van der Waals surface area contributed by atoms with Crippen molar-refractivity contribution in [3.05, 3.63) is 45.5 Å². The van der Waals surface area contributed by atoms with Gasteiger partial charge in [-0.3, -0.25) is 0 Å². The lowest BCUT2D eigenvalue weighted by molar-refractivity contribution is 0.0527. The minimum atomic E-state index is -0.524. The van der Waals surface area contributed by atoms with Crippen LogP contribution in [0.15, 0.2) is 34.9 Å². The molecule has 2 aromatic rings. The maximum Gasteiger partial charge on any atom is 0.340 e. The highest BCUT2D eigenvalue weighted by Gasteiger charge is 2.16. The van der Waals surface area contributed by atoms with E-state index < -0.39 is 5.97 Å². The highest BCUT2D eigenvalue weighted by atomic mass is 79.9. The Morgan fingerprint density at radius 3 is 2.86 bits per heavy atom. The lowest BCUT2D eigenvalue weighted by Crippen LogP contribution is -2.09. The van der Waals surface area contributed by atoms with Crippen molar-refractivity contribution in [2.24, 2.45) is 0 Å². The zero-order chi connectivity index (χ0) is 15.4. The van der Waals surface area contributed by atoms with Crippen LogP contribution in [0.3, 0.4) is 0 Å². The topological polar surface area (TPSA) is 74.4 Å². The van der Waals surface area contributed by atoms with Crippen molar-refractivity contribution in [3.63, 3.8) is 0 Å². The van der Waals surface area contributed by atoms with Crippen molar-refractivity contribution in [3.8, 4) is 11.6 Å². The first-order chi connectivity index (χ1) is 10.0. The first-order valence-electron chi connectivity index (χ1n) is 6.07. The van der Waals surface area contributed by atoms with E-state index in [-0.39, 0.29) is 23.7 Å². The summed E-state index contributed by atoms with van der Waals surface area (Å²) in [5.74, 6) is -0.0333. The molecule has 0 saturated carbocycles. The predicted octanol–water partition coefficient (Wildman–Crippen LogP) is 4.05. The van der Waals surface area contributed by atoms with E-state index in [0.29, 0.717) is 10.8 Å². The Morgan fingerprint density at radius 2 is 2.19 bits per heavy atom. The number of nitrogens with two attached hydrogens (primary N) is 1. The first-order valence-corrected chi connectivity index (χ1v) is 7.24. The van der Waals surface area contributed by atoms with E-state index in [9.17, 15) is 4.79 Å². The fourth-order valence-corrected chi connectivity index (χ4v) is 2.30. The summed E-state index contributed by atoms with van der Waals surface area (Å²) in [6.07, 6.45) is 1.42. The standard InChI is InChI=1S/C14H12BrClN2O3/c1-2-20-14(19)9-5-6-18-13(12(9)17)21-11-4-3-8(15)7-10(11)16/h3-7H,2,17H2,1H3. The molecule has 110 valence electrons. The Morgan fingerprint density at radius 1 is 1.43 bits per heavy atom. The van der Waals surface area contributed by atoms with E-state index >= 15 is 0 Å². The maximum absolute atomic E-state index is 11.8. The zero-order valence-electron chi connectivity index (χ0n) is 11.1. The quantitative estimate of drug-likeness (QED) is 0.821. The summed E-state index contributed by atoms with van der Waals surface area (Å²) in [7, 11) is 0. The number of hydrogen-bond acceptors (Lipinski definition) is 5. The van der Waals surface area contributed by atoms with Gasteiger partial charge >= 0.3 is 5.97 Å². The van der Waals surface area contributed by atoms with Crippen molar-refractivity contribution < 1.29 is 14.3 Å². The lowest BCUT2D eigenvalue weighted by atomic mass is 10.2. The van der Waals surface area contributed by atoms with E-state index in [1.165, 1.54) is 12.3 Å². The molecule has 1 aromatic heterocycles. The number of carbonyl (C=O) groups is 1. The number of halogens is 2. The molecule has 0 fully saturated rings. The van der Waals surface area contributed by atoms with Gasteiger partial charge in [0.2, 0.25) is 5.88 Å². The number of nitrogen functional groups attached to an aromatic ring is 1. The van der Waals surface area contributed by atoms with Crippen molar-refractivity contribution in [1.29, 1.82) is 0 Å². The molecule has 0 amide bonds. The fourth-order valence-electron chi connectivity index (χ4n) is 1.58. The minimum Gasteiger partial charge on any atom is -0.462 e. The number of esters is 1.